The first-order valence-corrected chi connectivity index (χ1v) is 8.74. The molecule has 1 amide bonds. The number of carbonyl (C=O) groups is 1. The second kappa shape index (κ2) is 9.10. The van der Waals surface area contributed by atoms with Crippen LogP contribution in [0.3, 0.4) is 0 Å². The molecular weight excluding hydrogens is 332 g/mol. The Bertz CT molecular complexity index is 712. The van der Waals surface area contributed by atoms with Crippen LogP contribution in [0.2, 0.25) is 0 Å². The summed E-state index contributed by atoms with van der Waals surface area (Å²) >= 11 is 0. The highest BCUT2D eigenvalue weighted by Crippen LogP contribution is 2.25. The number of hydrogen-bond donors (Lipinski definition) is 1. The number of morpholine rings is 1. The van der Waals surface area contributed by atoms with Crippen LogP contribution in [0.4, 0.5) is 5.69 Å². The quantitative estimate of drug-likeness (QED) is 0.772. The lowest BCUT2D eigenvalue weighted by atomic mass is 10.1. The fourth-order valence-corrected chi connectivity index (χ4v) is 2.81. The van der Waals surface area contributed by atoms with Gasteiger partial charge in [-0.15, -0.1) is 0 Å². The molecule has 1 N–H and O–H groups in total. The maximum atomic E-state index is 12.2. The molecule has 3 rings (SSSR count). The van der Waals surface area contributed by atoms with Crippen LogP contribution in [0.25, 0.3) is 0 Å². The van der Waals surface area contributed by atoms with Crippen LogP contribution < -0.4 is 19.7 Å². The van der Waals surface area contributed by atoms with Gasteiger partial charge in [-0.2, -0.15) is 0 Å². The summed E-state index contributed by atoms with van der Waals surface area (Å²) < 4.78 is 16.2. The van der Waals surface area contributed by atoms with Crippen molar-refractivity contribution in [3.8, 4) is 11.5 Å². The molecule has 1 fully saturated rings. The SMILES string of the molecule is COc1ccccc1OCCNC(=O)c1ccc(N2CCOCC2)cc1. The van der Waals surface area contributed by atoms with Gasteiger partial charge >= 0.3 is 0 Å². The maximum Gasteiger partial charge on any atom is 0.251 e. The van der Waals surface area contributed by atoms with E-state index < -0.39 is 0 Å². The number of methoxy groups -OCH3 is 1. The van der Waals surface area contributed by atoms with E-state index in [9.17, 15) is 4.79 Å². The molecular formula is C20H24N2O4. The van der Waals surface area contributed by atoms with Crippen molar-refractivity contribution < 1.29 is 19.0 Å². The summed E-state index contributed by atoms with van der Waals surface area (Å²) in [5, 5.41) is 2.87. The summed E-state index contributed by atoms with van der Waals surface area (Å²) in [5.41, 5.74) is 1.75. The van der Waals surface area contributed by atoms with Gasteiger partial charge < -0.3 is 24.4 Å². The Balaban J connectivity index is 1.46. The molecule has 1 aliphatic rings. The minimum atomic E-state index is -0.109. The number of carbonyl (C=O) groups excluding carboxylic acids is 1. The van der Waals surface area contributed by atoms with Crippen molar-refractivity contribution in [3.63, 3.8) is 0 Å². The van der Waals surface area contributed by atoms with Crippen molar-refractivity contribution in [1.29, 1.82) is 0 Å². The Morgan fingerprint density at radius 1 is 1.08 bits per heavy atom. The van der Waals surface area contributed by atoms with Gasteiger partial charge in [-0.05, 0) is 36.4 Å². The van der Waals surface area contributed by atoms with Crippen molar-refractivity contribution in [2.45, 2.75) is 0 Å². The van der Waals surface area contributed by atoms with E-state index in [0.717, 1.165) is 32.0 Å². The molecule has 138 valence electrons. The molecule has 2 aromatic rings. The number of nitrogens with one attached hydrogen (secondary N) is 1. The Labute approximate surface area is 153 Å². The molecule has 2 aromatic carbocycles. The smallest absolute Gasteiger partial charge is 0.251 e. The molecule has 0 aliphatic carbocycles. The van der Waals surface area contributed by atoms with Gasteiger partial charge in [0.1, 0.15) is 6.61 Å². The van der Waals surface area contributed by atoms with Crippen LogP contribution in [0.15, 0.2) is 48.5 Å². The minimum absolute atomic E-state index is 0.109. The van der Waals surface area contributed by atoms with Gasteiger partial charge in [0.05, 0.1) is 26.9 Å². The molecule has 0 radical (unpaired) electrons. The molecule has 0 saturated carbocycles. The predicted octanol–water partition coefficient (Wildman–Crippen LogP) is 2.34. The first kappa shape index (κ1) is 18.1. The molecule has 1 heterocycles. The molecule has 1 aliphatic heterocycles. The van der Waals surface area contributed by atoms with Gasteiger partial charge in [-0.1, -0.05) is 12.1 Å². The second-order valence-electron chi connectivity index (χ2n) is 5.90. The summed E-state index contributed by atoms with van der Waals surface area (Å²) in [6.45, 7) is 4.04. The first-order valence-electron chi connectivity index (χ1n) is 8.74. The molecule has 6 nitrogen and oxygen atoms in total. The number of hydrogen-bond acceptors (Lipinski definition) is 5. The predicted molar refractivity (Wildman–Crippen MR) is 100 cm³/mol. The molecule has 1 saturated heterocycles. The van der Waals surface area contributed by atoms with E-state index in [1.807, 2.05) is 48.5 Å². The zero-order valence-corrected chi connectivity index (χ0v) is 14.9. The van der Waals surface area contributed by atoms with E-state index in [-0.39, 0.29) is 5.91 Å². The van der Waals surface area contributed by atoms with Crippen molar-refractivity contribution in [3.05, 3.63) is 54.1 Å². The van der Waals surface area contributed by atoms with E-state index in [1.54, 1.807) is 7.11 Å². The number of anilines is 1. The van der Waals surface area contributed by atoms with Gasteiger partial charge in [0.25, 0.3) is 5.91 Å². The van der Waals surface area contributed by atoms with Gasteiger partial charge in [-0.25, -0.2) is 0 Å². The number of para-hydroxylation sites is 2. The van der Waals surface area contributed by atoms with Gasteiger partial charge in [0, 0.05) is 24.3 Å². The third-order valence-electron chi connectivity index (χ3n) is 4.22. The zero-order valence-electron chi connectivity index (χ0n) is 14.9. The number of rotatable bonds is 7. The van der Waals surface area contributed by atoms with Crippen molar-refractivity contribution in [1.82, 2.24) is 5.32 Å². The number of nitrogens with zero attached hydrogens (tertiary/aromatic N) is 1. The van der Waals surface area contributed by atoms with E-state index in [1.165, 1.54) is 0 Å². The fourth-order valence-electron chi connectivity index (χ4n) is 2.81. The van der Waals surface area contributed by atoms with Crippen LogP contribution in [-0.4, -0.2) is 52.5 Å². The van der Waals surface area contributed by atoms with Crippen LogP contribution in [0.1, 0.15) is 10.4 Å². The number of ether oxygens (including phenoxy) is 3. The summed E-state index contributed by atoms with van der Waals surface area (Å²) in [4.78, 5) is 14.5. The van der Waals surface area contributed by atoms with E-state index >= 15 is 0 Å². The van der Waals surface area contributed by atoms with Crippen molar-refractivity contribution >= 4 is 11.6 Å². The summed E-state index contributed by atoms with van der Waals surface area (Å²) in [6, 6.07) is 15.1. The lowest BCUT2D eigenvalue weighted by molar-refractivity contribution is 0.0946. The Morgan fingerprint density at radius 3 is 2.46 bits per heavy atom. The summed E-state index contributed by atoms with van der Waals surface area (Å²) in [7, 11) is 1.60. The summed E-state index contributed by atoms with van der Waals surface area (Å²) in [5.74, 6) is 1.23. The van der Waals surface area contributed by atoms with Crippen molar-refractivity contribution in [2.75, 3.05) is 51.5 Å². The van der Waals surface area contributed by atoms with Crippen LogP contribution in [0.5, 0.6) is 11.5 Å². The minimum Gasteiger partial charge on any atom is -0.493 e. The lowest BCUT2D eigenvalue weighted by Crippen LogP contribution is -2.36. The topological polar surface area (TPSA) is 60.0 Å². The van der Waals surface area contributed by atoms with E-state index in [4.69, 9.17) is 14.2 Å². The van der Waals surface area contributed by atoms with E-state index in [0.29, 0.717) is 30.2 Å². The van der Waals surface area contributed by atoms with Gasteiger partial charge in [0.2, 0.25) is 0 Å². The van der Waals surface area contributed by atoms with Gasteiger partial charge in [0.15, 0.2) is 11.5 Å². The average Bonchev–Trinajstić information content (AvgIpc) is 2.72. The zero-order chi connectivity index (χ0) is 18.2. The fraction of sp³-hybridized carbons (Fsp3) is 0.350. The van der Waals surface area contributed by atoms with Crippen LogP contribution in [-0.2, 0) is 4.74 Å². The Hall–Kier alpha value is -2.73. The molecule has 0 aromatic heterocycles. The van der Waals surface area contributed by atoms with Crippen LogP contribution in [0, 0.1) is 0 Å². The van der Waals surface area contributed by atoms with Crippen molar-refractivity contribution in [2.24, 2.45) is 0 Å². The molecule has 0 atom stereocenters. The number of benzene rings is 2. The Kier molecular flexibility index (Phi) is 6.33. The molecule has 26 heavy (non-hydrogen) atoms. The Morgan fingerprint density at radius 2 is 1.77 bits per heavy atom. The summed E-state index contributed by atoms with van der Waals surface area (Å²) in [6.07, 6.45) is 0. The molecule has 0 bridgehead atoms. The van der Waals surface area contributed by atoms with Gasteiger partial charge in [-0.3, -0.25) is 4.79 Å². The number of amides is 1. The molecule has 0 spiro atoms. The first-order chi connectivity index (χ1) is 12.8. The third-order valence-corrected chi connectivity index (χ3v) is 4.22. The van der Waals surface area contributed by atoms with E-state index in [2.05, 4.69) is 10.2 Å². The molecule has 0 unspecified atom stereocenters. The highest BCUT2D eigenvalue weighted by atomic mass is 16.5. The highest BCUT2D eigenvalue weighted by Gasteiger charge is 2.12. The lowest BCUT2D eigenvalue weighted by Gasteiger charge is -2.28. The largest absolute Gasteiger partial charge is 0.493 e. The molecule has 6 heteroatoms. The standard InChI is InChI=1S/C20H24N2O4/c1-24-18-4-2-3-5-19(18)26-13-10-21-20(23)16-6-8-17(9-7-16)22-11-14-25-15-12-22/h2-9H,10-15H2,1H3,(H,21,23). The third kappa shape index (κ3) is 4.67. The average molecular weight is 356 g/mol. The monoisotopic (exact) mass is 356 g/mol. The maximum absolute atomic E-state index is 12.2. The second-order valence-corrected chi connectivity index (χ2v) is 5.90. The normalized spacial score (nSPS) is 14.0. The van der Waals surface area contributed by atoms with Crippen LogP contribution >= 0.6 is 0 Å². The highest BCUT2D eigenvalue weighted by molar-refractivity contribution is 5.94.